The zero-order valence-corrected chi connectivity index (χ0v) is 21.6. The number of pyridine rings is 1. The number of anilines is 5. The lowest BCUT2D eigenvalue weighted by Gasteiger charge is -2.34. The van der Waals surface area contributed by atoms with E-state index in [9.17, 15) is 9.90 Å². The van der Waals surface area contributed by atoms with Crippen LogP contribution >= 0.6 is 0 Å². The van der Waals surface area contributed by atoms with E-state index in [-0.39, 0.29) is 18.1 Å². The summed E-state index contributed by atoms with van der Waals surface area (Å²) < 4.78 is 5.46. The third kappa shape index (κ3) is 5.53. The van der Waals surface area contributed by atoms with Crippen LogP contribution in [0.25, 0.3) is 0 Å². The molecule has 1 atom stereocenters. The Morgan fingerprint density at radius 3 is 2.63 bits per heavy atom. The van der Waals surface area contributed by atoms with Crippen molar-refractivity contribution in [2.75, 3.05) is 61.9 Å². The molecular weight excluding hydrogens is 484 g/mol. The molecule has 38 heavy (non-hydrogen) atoms. The number of ether oxygens (including phenoxy) is 1. The molecule has 2 aromatic heterocycles. The Hall–Kier alpha value is -4.22. The molecule has 1 amide bonds. The predicted octanol–water partition coefficient (Wildman–Crippen LogP) is 2.63. The van der Waals surface area contributed by atoms with Gasteiger partial charge in [-0.1, -0.05) is 6.08 Å². The predicted molar refractivity (Wildman–Crippen MR) is 147 cm³/mol. The zero-order chi connectivity index (χ0) is 26.7. The number of benzene rings is 1. The molecule has 11 heteroatoms. The first-order valence-corrected chi connectivity index (χ1v) is 12.5. The minimum Gasteiger partial charge on any atom is -0.474 e. The van der Waals surface area contributed by atoms with Crippen molar-refractivity contribution in [2.45, 2.75) is 12.5 Å². The second kappa shape index (κ2) is 10.6. The lowest BCUT2D eigenvalue weighted by atomic mass is 10.0. The molecule has 0 aliphatic carbocycles. The fraction of sp³-hybridized carbons (Fsp3) is 0.333. The quantitative estimate of drug-likeness (QED) is 0.332. The number of hydrogen-bond donors (Lipinski definition) is 4. The fourth-order valence-corrected chi connectivity index (χ4v) is 4.36. The fourth-order valence-electron chi connectivity index (χ4n) is 4.36. The monoisotopic (exact) mass is 516 g/mol. The number of piperazine rings is 1. The van der Waals surface area contributed by atoms with Gasteiger partial charge < -0.3 is 35.6 Å². The number of amides is 1. The van der Waals surface area contributed by atoms with Crippen molar-refractivity contribution in [3.8, 4) is 5.88 Å². The lowest BCUT2D eigenvalue weighted by molar-refractivity contribution is 0.0346. The van der Waals surface area contributed by atoms with Gasteiger partial charge in [0.05, 0.1) is 17.4 Å². The highest BCUT2D eigenvalue weighted by Crippen LogP contribution is 2.37. The Morgan fingerprint density at radius 2 is 1.89 bits per heavy atom. The molecule has 0 bridgehead atoms. The van der Waals surface area contributed by atoms with Crippen LogP contribution in [0.3, 0.4) is 0 Å². The molecule has 0 spiro atoms. The minimum atomic E-state index is -1.15. The van der Waals surface area contributed by atoms with Gasteiger partial charge in [0.1, 0.15) is 23.6 Å². The molecule has 3 aromatic rings. The number of nitrogens with one attached hydrogen (secondary N) is 3. The molecule has 0 unspecified atom stereocenters. The van der Waals surface area contributed by atoms with Crippen LogP contribution in [0.4, 0.5) is 28.8 Å². The summed E-state index contributed by atoms with van der Waals surface area (Å²) in [6, 6.07) is 9.87. The molecule has 4 heterocycles. The highest BCUT2D eigenvalue weighted by Gasteiger charge is 2.35. The third-order valence-corrected chi connectivity index (χ3v) is 6.62. The molecule has 1 aromatic carbocycles. The summed E-state index contributed by atoms with van der Waals surface area (Å²) in [5.41, 5.74) is 2.21. The van der Waals surface area contributed by atoms with Gasteiger partial charge >= 0.3 is 0 Å². The van der Waals surface area contributed by atoms with E-state index in [2.05, 4.69) is 66.5 Å². The smallest absolute Gasteiger partial charge is 0.256 e. The normalized spacial score (nSPS) is 18.9. The van der Waals surface area contributed by atoms with Crippen molar-refractivity contribution < 1.29 is 14.6 Å². The topological polar surface area (TPSA) is 128 Å². The van der Waals surface area contributed by atoms with Crippen molar-refractivity contribution in [3.05, 3.63) is 66.5 Å². The number of likely N-dealkylation sites (N-methyl/N-ethyl adjacent to an activating group) is 1. The number of carbonyl (C=O) groups excluding carboxylic acids is 1. The van der Waals surface area contributed by atoms with Crippen molar-refractivity contribution in [3.63, 3.8) is 0 Å². The first-order chi connectivity index (χ1) is 18.3. The van der Waals surface area contributed by atoms with E-state index in [4.69, 9.17) is 4.74 Å². The van der Waals surface area contributed by atoms with Crippen LogP contribution in [0.5, 0.6) is 5.88 Å². The Balaban J connectivity index is 1.37. The molecule has 198 valence electrons. The third-order valence-electron chi connectivity index (χ3n) is 6.62. The van der Waals surface area contributed by atoms with Crippen LogP contribution in [0.2, 0.25) is 0 Å². The molecule has 2 aliphatic heterocycles. The maximum atomic E-state index is 12.8. The van der Waals surface area contributed by atoms with Crippen LogP contribution in [-0.2, 0) is 5.60 Å². The van der Waals surface area contributed by atoms with Crippen LogP contribution in [0.1, 0.15) is 22.8 Å². The second-order valence-corrected chi connectivity index (χ2v) is 9.68. The zero-order valence-electron chi connectivity index (χ0n) is 21.6. The second-order valence-electron chi connectivity index (χ2n) is 9.68. The summed E-state index contributed by atoms with van der Waals surface area (Å²) in [5.74, 6) is 0.650. The number of rotatable bonds is 8. The summed E-state index contributed by atoms with van der Waals surface area (Å²) >= 11 is 0. The molecule has 1 saturated heterocycles. The van der Waals surface area contributed by atoms with Crippen molar-refractivity contribution >= 4 is 34.7 Å². The first kappa shape index (κ1) is 25.4. The van der Waals surface area contributed by atoms with Gasteiger partial charge in [0, 0.05) is 50.3 Å². The Bertz CT molecular complexity index is 1320. The van der Waals surface area contributed by atoms with Crippen LogP contribution < -0.4 is 25.6 Å². The summed E-state index contributed by atoms with van der Waals surface area (Å²) in [4.78, 5) is 30.7. The number of aromatic nitrogens is 3. The summed E-state index contributed by atoms with van der Waals surface area (Å²) in [7, 11) is 2.14. The molecule has 2 aliphatic rings. The number of nitrogens with zero attached hydrogens (tertiary/aromatic N) is 5. The molecule has 11 nitrogen and oxygen atoms in total. The van der Waals surface area contributed by atoms with E-state index in [0.29, 0.717) is 35.4 Å². The summed E-state index contributed by atoms with van der Waals surface area (Å²) in [6.45, 7) is 9.82. The standard InChI is InChI=1S/C27H32N8O3/c1-4-9-28-24(36)21-16-30-26(32-18-5-7-20(8-6-18)35-12-10-34(3)11-13-35)33-23(21)31-19-14-22-25(29-15-19)38-17-27(22,2)37/h4-8,14-16,37H,1,9-13,17H2,2-3H3,(H,28,36)(H2,30,31,32,33)/t27-/m0/s1. The van der Waals surface area contributed by atoms with Crippen molar-refractivity contribution in [2.24, 2.45) is 0 Å². The lowest BCUT2D eigenvalue weighted by Crippen LogP contribution is -2.44. The summed E-state index contributed by atoms with van der Waals surface area (Å²) in [5, 5.41) is 19.7. The highest BCUT2D eigenvalue weighted by molar-refractivity contribution is 5.99. The molecular formula is C27H32N8O3. The van der Waals surface area contributed by atoms with E-state index in [1.54, 1.807) is 25.3 Å². The van der Waals surface area contributed by atoms with Gasteiger partial charge in [-0.25, -0.2) is 9.97 Å². The summed E-state index contributed by atoms with van der Waals surface area (Å²) in [6.07, 6.45) is 4.63. The number of aliphatic hydroxyl groups is 1. The van der Waals surface area contributed by atoms with Gasteiger partial charge in [-0.3, -0.25) is 4.79 Å². The number of carbonyl (C=O) groups is 1. The average Bonchev–Trinajstić information content (AvgIpc) is 3.22. The maximum Gasteiger partial charge on any atom is 0.256 e. The van der Waals surface area contributed by atoms with E-state index < -0.39 is 5.60 Å². The van der Waals surface area contributed by atoms with Gasteiger partial charge in [-0.05, 0) is 44.3 Å². The Kier molecular flexibility index (Phi) is 7.12. The molecule has 1 fully saturated rings. The van der Waals surface area contributed by atoms with Gasteiger partial charge in [0.15, 0.2) is 0 Å². The Labute approximate surface area is 221 Å². The highest BCUT2D eigenvalue weighted by atomic mass is 16.5. The molecule has 5 rings (SSSR count). The largest absolute Gasteiger partial charge is 0.474 e. The average molecular weight is 517 g/mol. The van der Waals surface area contributed by atoms with Gasteiger partial charge in [0.2, 0.25) is 11.8 Å². The van der Waals surface area contributed by atoms with Crippen LogP contribution in [-0.4, -0.2) is 77.2 Å². The van der Waals surface area contributed by atoms with Gasteiger partial charge in [0.25, 0.3) is 5.91 Å². The van der Waals surface area contributed by atoms with Crippen LogP contribution in [0, 0.1) is 0 Å². The van der Waals surface area contributed by atoms with Gasteiger partial charge in [-0.15, -0.1) is 6.58 Å². The number of fused-ring (bicyclic) bond motifs is 1. The molecule has 4 N–H and O–H groups in total. The van der Waals surface area contributed by atoms with Crippen LogP contribution in [0.15, 0.2) is 55.4 Å². The molecule has 0 saturated carbocycles. The van der Waals surface area contributed by atoms with Crippen molar-refractivity contribution in [1.82, 2.24) is 25.2 Å². The molecule has 0 radical (unpaired) electrons. The van der Waals surface area contributed by atoms with Crippen molar-refractivity contribution in [1.29, 1.82) is 0 Å². The minimum absolute atomic E-state index is 0.128. The van der Waals surface area contributed by atoms with E-state index in [1.807, 2.05) is 12.1 Å². The van der Waals surface area contributed by atoms with E-state index in [0.717, 1.165) is 31.9 Å². The SMILES string of the molecule is C=CCNC(=O)c1cnc(Nc2ccc(N3CCN(C)CC3)cc2)nc1Nc1cnc2c(c1)[C@@](C)(O)CO2. The maximum absolute atomic E-state index is 12.8. The van der Waals surface area contributed by atoms with Gasteiger partial charge in [-0.2, -0.15) is 4.98 Å². The number of hydrogen-bond acceptors (Lipinski definition) is 10. The van der Waals surface area contributed by atoms with E-state index in [1.165, 1.54) is 11.9 Å². The van der Waals surface area contributed by atoms with E-state index >= 15 is 0 Å². The Morgan fingerprint density at radius 1 is 1.13 bits per heavy atom. The first-order valence-electron chi connectivity index (χ1n) is 12.5.